The van der Waals surface area contributed by atoms with Gasteiger partial charge in [0.2, 0.25) is 0 Å². The highest BCUT2D eigenvalue weighted by molar-refractivity contribution is 5.79. The highest BCUT2D eigenvalue weighted by Crippen LogP contribution is 2.20. The molecule has 0 saturated carbocycles. The average molecular weight is 220 g/mol. The molecular formula is C9H11F3N2O. The van der Waals surface area contributed by atoms with Crippen LogP contribution >= 0.6 is 0 Å². The average Bonchev–Trinajstić information content (AvgIpc) is 2.44. The Hall–Kier alpha value is -1.33. The van der Waals surface area contributed by atoms with E-state index in [1.807, 2.05) is 0 Å². The zero-order chi connectivity index (χ0) is 11.5. The minimum Gasteiger partial charge on any atom is -0.299 e. The third-order valence-electron chi connectivity index (χ3n) is 1.98. The molecule has 0 aromatic carbocycles. The van der Waals surface area contributed by atoms with Gasteiger partial charge in [-0.05, 0) is 12.5 Å². The van der Waals surface area contributed by atoms with Crippen molar-refractivity contribution in [3.05, 3.63) is 18.0 Å². The Labute approximate surface area is 84.9 Å². The van der Waals surface area contributed by atoms with E-state index in [1.54, 1.807) is 24.0 Å². The van der Waals surface area contributed by atoms with Crippen molar-refractivity contribution < 1.29 is 18.0 Å². The quantitative estimate of drug-likeness (QED) is 0.776. The highest BCUT2D eigenvalue weighted by Gasteiger charge is 2.30. The molecule has 15 heavy (non-hydrogen) atoms. The maximum absolute atomic E-state index is 11.8. The second-order valence-corrected chi connectivity index (χ2v) is 3.28. The number of rotatable bonds is 4. The number of alkyl halides is 3. The monoisotopic (exact) mass is 220 g/mol. The predicted octanol–water partition coefficient (Wildman–Crippen LogP) is 1.87. The fraction of sp³-hybridized carbons (Fsp3) is 0.556. The Bertz CT molecular complexity index is 343. The van der Waals surface area contributed by atoms with E-state index in [9.17, 15) is 18.0 Å². The summed E-state index contributed by atoms with van der Waals surface area (Å²) in [5, 5.41) is 3.85. The van der Waals surface area contributed by atoms with Crippen LogP contribution in [-0.4, -0.2) is 21.7 Å². The molecule has 1 rings (SSSR count). The normalized spacial score (nSPS) is 11.7. The molecule has 0 aliphatic carbocycles. The standard InChI is InChI=1S/C9H11F3N2O/c1-14-7(4-5-13-14)2-3-8(15)6-9(10,11)12/h4-5H,2-3,6H2,1H3. The van der Waals surface area contributed by atoms with Crippen LogP contribution in [0.3, 0.4) is 0 Å². The lowest BCUT2D eigenvalue weighted by Gasteiger charge is -2.05. The topological polar surface area (TPSA) is 34.9 Å². The Kier molecular flexibility index (Phi) is 3.49. The molecule has 1 aromatic rings. The van der Waals surface area contributed by atoms with E-state index in [2.05, 4.69) is 5.10 Å². The minimum absolute atomic E-state index is 0.0982. The molecule has 0 saturated heterocycles. The van der Waals surface area contributed by atoms with Crippen molar-refractivity contribution in [2.45, 2.75) is 25.4 Å². The van der Waals surface area contributed by atoms with Gasteiger partial charge in [0.05, 0.1) is 0 Å². The molecule has 0 amide bonds. The maximum atomic E-state index is 11.8. The van der Waals surface area contributed by atoms with Crippen molar-refractivity contribution in [2.75, 3.05) is 0 Å². The van der Waals surface area contributed by atoms with Crippen LogP contribution in [0.25, 0.3) is 0 Å². The molecule has 1 aromatic heterocycles. The van der Waals surface area contributed by atoms with E-state index in [-0.39, 0.29) is 6.42 Å². The predicted molar refractivity (Wildman–Crippen MR) is 47.2 cm³/mol. The summed E-state index contributed by atoms with van der Waals surface area (Å²) >= 11 is 0. The second kappa shape index (κ2) is 4.46. The number of carbonyl (C=O) groups excluding carboxylic acids is 1. The van der Waals surface area contributed by atoms with E-state index in [1.165, 1.54) is 0 Å². The first-order valence-corrected chi connectivity index (χ1v) is 4.44. The summed E-state index contributed by atoms with van der Waals surface area (Å²) in [6.45, 7) is 0. The van der Waals surface area contributed by atoms with Gasteiger partial charge in [0.15, 0.2) is 0 Å². The number of halogens is 3. The van der Waals surface area contributed by atoms with Gasteiger partial charge in [-0.1, -0.05) is 0 Å². The molecule has 0 aliphatic rings. The van der Waals surface area contributed by atoms with Gasteiger partial charge in [0, 0.05) is 25.4 Å². The molecule has 0 fully saturated rings. The van der Waals surface area contributed by atoms with Crippen molar-refractivity contribution in [3.8, 4) is 0 Å². The molecule has 0 unspecified atom stereocenters. The van der Waals surface area contributed by atoms with Gasteiger partial charge in [-0.25, -0.2) is 0 Å². The first-order chi connectivity index (χ1) is 6.88. The van der Waals surface area contributed by atoms with Gasteiger partial charge in [-0.2, -0.15) is 18.3 Å². The fourth-order valence-corrected chi connectivity index (χ4v) is 1.23. The summed E-state index contributed by atoms with van der Waals surface area (Å²) in [4.78, 5) is 10.9. The fourth-order valence-electron chi connectivity index (χ4n) is 1.23. The van der Waals surface area contributed by atoms with Crippen molar-refractivity contribution in [3.63, 3.8) is 0 Å². The number of ketones is 1. The molecule has 1 heterocycles. The largest absolute Gasteiger partial charge is 0.395 e. The molecule has 0 atom stereocenters. The highest BCUT2D eigenvalue weighted by atomic mass is 19.4. The summed E-state index contributed by atoms with van der Waals surface area (Å²) in [6, 6.07) is 1.68. The third-order valence-corrected chi connectivity index (χ3v) is 1.98. The first kappa shape index (κ1) is 11.7. The zero-order valence-electron chi connectivity index (χ0n) is 8.21. The van der Waals surface area contributed by atoms with Crippen LogP contribution in [0.15, 0.2) is 12.3 Å². The summed E-state index contributed by atoms with van der Waals surface area (Å²) in [5.41, 5.74) is 0.755. The van der Waals surface area contributed by atoms with Crippen molar-refractivity contribution in [2.24, 2.45) is 7.05 Å². The summed E-state index contributed by atoms with van der Waals surface area (Å²) < 4.78 is 37.0. The van der Waals surface area contributed by atoms with Crippen LogP contribution < -0.4 is 0 Å². The number of nitrogens with zero attached hydrogens (tertiary/aromatic N) is 2. The zero-order valence-corrected chi connectivity index (χ0v) is 8.21. The number of aryl methyl sites for hydroxylation is 2. The van der Waals surface area contributed by atoms with Crippen molar-refractivity contribution >= 4 is 5.78 Å². The Balaban J connectivity index is 2.38. The lowest BCUT2D eigenvalue weighted by molar-refractivity contribution is -0.152. The maximum Gasteiger partial charge on any atom is 0.395 e. The summed E-state index contributed by atoms with van der Waals surface area (Å²) in [5.74, 6) is -0.788. The van der Waals surface area contributed by atoms with E-state index in [4.69, 9.17) is 0 Å². The van der Waals surface area contributed by atoms with Gasteiger partial charge in [-0.3, -0.25) is 9.48 Å². The summed E-state index contributed by atoms with van der Waals surface area (Å²) in [7, 11) is 1.68. The molecular weight excluding hydrogens is 209 g/mol. The third kappa shape index (κ3) is 4.14. The number of carbonyl (C=O) groups is 1. The van der Waals surface area contributed by atoms with Crippen LogP contribution in [0.4, 0.5) is 13.2 Å². The van der Waals surface area contributed by atoms with Gasteiger partial charge in [-0.15, -0.1) is 0 Å². The second-order valence-electron chi connectivity index (χ2n) is 3.28. The number of aromatic nitrogens is 2. The molecule has 0 radical (unpaired) electrons. The SMILES string of the molecule is Cn1nccc1CCC(=O)CC(F)(F)F. The first-order valence-electron chi connectivity index (χ1n) is 4.44. The molecule has 6 heteroatoms. The van der Waals surface area contributed by atoms with Gasteiger partial charge < -0.3 is 0 Å². The smallest absolute Gasteiger partial charge is 0.299 e. The van der Waals surface area contributed by atoms with Crippen LogP contribution in [0.1, 0.15) is 18.5 Å². The van der Waals surface area contributed by atoms with Gasteiger partial charge in [0.1, 0.15) is 12.2 Å². The number of hydrogen-bond donors (Lipinski definition) is 0. The van der Waals surface area contributed by atoms with Crippen LogP contribution in [0.2, 0.25) is 0 Å². The van der Waals surface area contributed by atoms with E-state index in [0.717, 1.165) is 5.69 Å². The Morgan fingerprint density at radius 2 is 2.20 bits per heavy atom. The molecule has 0 spiro atoms. The minimum atomic E-state index is -4.40. The number of Topliss-reactive ketones (excluding diaryl/α,β-unsaturated/α-hetero) is 1. The van der Waals surface area contributed by atoms with Crippen LogP contribution in [0, 0.1) is 0 Å². The summed E-state index contributed by atoms with van der Waals surface area (Å²) in [6.07, 6.45) is -4.00. The molecule has 3 nitrogen and oxygen atoms in total. The molecule has 0 aliphatic heterocycles. The molecule has 0 N–H and O–H groups in total. The lowest BCUT2D eigenvalue weighted by atomic mass is 10.1. The van der Waals surface area contributed by atoms with E-state index >= 15 is 0 Å². The van der Waals surface area contributed by atoms with Crippen LogP contribution in [-0.2, 0) is 18.3 Å². The van der Waals surface area contributed by atoms with Crippen molar-refractivity contribution in [1.29, 1.82) is 0 Å². The Morgan fingerprint density at radius 1 is 1.53 bits per heavy atom. The van der Waals surface area contributed by atoms with E-state index < -0.39 is 18.4 Å². The molecule has 84 valence electrons. The van der Waals surface area contributed by atoms with E-state index in [0.29, 0.717) is 6.42 Å². The Morgan fingerprint density at radius 3 is 2.67 bits per heavy atom. The molecule has 0 bridgehead atoms. The van der Waals surface area contributed by atoms with Crippen LogP contribution in [0.5, 0.6) is 0 Å². The lowest BCUT2D eigenvalue weighted by Crippen LogP contribution is -2.15. The van der Waals surface area contributed by atoms with Gasteiger partial charge >= 0.3 is 6.18 Å². The number of hydrogen-bond acceptors (Lipinski definition) is 2. The van der Waals surface area contributed by atoms with Gasteiger partial charge in [0.25, 0.3) is 0 Å². The van der Waals surface area contributed by atoms with Crippen molar-refractivity contribution in [1.82, 2.24) is 9.78 Å².